The normalized spacial score (nSPS) is 25.1. The standard InChI is InChI=1S/C18H21N3O12P2/c1-9-2-3-10-11(19-32-12(10)6-9)7-21-14(22)4-5-20(18(21)25)17-16(24)15(23)13(31-17)8-30-35(28,29)33-34(26)27/h2-6,13,15-17,23-24,34H,7-8H2,1H3,(H,26,27)(H,28,29)/t13-,15?,16+,17-/m1/s1. The topological polar surface area (TPSA) is 213 Å². The molecule has 3 unspecified atom stereocenters. The maximum absolute atomic E-state index is 13.1. The molecule has 2 aromatic heterocycles. The first-order valence-electron chi connectivity index (χ1n) is 10.0. The first-order chi connectivity index (χ1) is 16.5. The van der Waals surface area contributed by atoms with Crippen LogP contribution in [0.2, 0.25) is 0 Å². The number of rotatable bonds is 8. The van der Waals surface area contributed by atoms with E-state index in [2.05, 4.69) is 14.0 Å². The van der Waals surface area contributed by atoms with Gasteiger partial charge in [-0.25, -0.2) is 13.7 Å². The molecule has 1 aliphatic heterocycles. The van der Waals surface area contributed by atoms with Crippen LogP contribution in [0.4, 0.5) is 0 Å². The highest BCUT2D eigenvalue weighted by Gasteiger charge is 2.45. The minimum atomic E-state index is -4.94. The fourth-order valence-electron chi connectivity index (χ4n) is 3.62. The number of aliphatic hydroxyl groups is 2. The zero-order chi connectivity index (χ0) is 25.5. The average Bonchev–Trinajstić information content (AvgIpc) is 3.29. The molecule has 1 aromatic carbocycles. The highest BCUT2D eigenvalue weighted by Crippen LogP contribution is 2.51. The van der Waals surface area contributed by atoms with E-state index in [9.17, 15) is 33.8 Å². The summed E-state index contributed by atoms with van der Waals surface area (Å²) in [5.74, 6) is 0. The zero-order valence-electron chi connectivity index (χ0n) is 18.0. The number of aromatic nitrogens is 3. The monoisotopic (exact) mass is 533 g/mol. The Labute approximate surface area is 196 Å². The largest absolute Gasteiger partial charge is 0.479 e. The number of hydrogen-bond acceptors (Lipinski definition) is 11. The number of phosphoric ester groups is 1. The van der Waals surface area contributed by atoms with Gasteiger partial charge in [-0.2, -0.15) is 0 Å². The second-order valence-corrected chi connectivity index (χ2v) is 10.2. The van der Waals surface area contributed by atoms with Crippen molar-refractivity contribution < 1.29 is 47.2 Å². The van der Waals surface area contributed by atoms with Crippen molar-refractivity contribution in [1.29, 1.82) is 0 Å². The van der Waals surface area contributed by atoms with Gasteiger partial charge in [0, 0.05) is 17.6 Å². The quantitative estimate of drug-likeness (QED) is 0.273. The fraction of sp³-hybridized carbons (Fsp3) is 0.389. The van der Waals surface area contributed by atoms with Gasteiger partial charge in [0.1, 0.15) is 24.0 Å². The van der Waals surface area contributed by atoms with Gasteiger partial charge in [0.05, 0.1) is 13.2 Å². The average molecular weight is 533 g/mol. The summed E-state index contributed by atoms with van der Waals surface area (Å²) in [5.41, 5.74) is 0.159. The van der Waals surface area contributed by atoms with Crippen LogP contribution < -0.4 is 11.2 Å². The van der Waals surface area contributed by atoms with Crippen molar-refractivity contribution in [1.82, 2.24) is 14.3 Å². The van der Waals surface area contributed by atoms with Gasteiger partial charge in [0.15, 0.2) is 11.8 Å². The molecule has 190 valence electrons. The minimum Gasteiger partial charge on any atom is -0.387 e. The number of fused-ring (bicyclic) bond motifs is 1. The van der Waals surface area contributed by atoms with Crippen LogP contribution in [0, 0.1) is 6.92 Å². The molecule has 0 bridgehead atoms. The van der Waals surface area contributed by atoms with Crippen LogP contribution in [-0.2, 0) is 29.2 Å². The molecule has 3 aromatic rings. The van der Waals surface area contributed by atoms with Gasteiger partial charge >= 0.3 is 21.8 Å². The summed E-state index contributed by atoms with van der Waals surface area (Å²) >= 11 is 0. The third-order valence-electron chi connectivity index (χ3n) is 5.31. The predicted molar refractivity (Wildman–Crippen MR) is 117 cm³/mol. The molecule has 15 nitrogen and oxygen atoms in total. The summed E-state index contributed by atoms with van der Waals surface area (Å²) < 4.78 is 43.0. The summed E-state index contributed by atoms with van der Waals surface area (Å²) in [6.07, 6.45) is -5.23. The van der Waals surface area contributed by atoms with Crippen molar-refractivity contribution in [2.24, 2.45) is 0 Å². The van der Waals surface area contributed by atoms with Gasteiger partial charge in [-0.3, -0.25) is 23.0 Å². The van der Waals surface area contributed by atoms with Crippen molar-refractivity contribution in [3.8, 4) is 0 Å². The Bertz CT molecular complexity index is 1430. The minimum absolute atomic E-state index is 0.252. The van der Waals surface area contributed by atoms with Gasteiger partial charge in [-0.05, 0) is 24.6 Å². The van der Waals surface area contributed by atoms with E-state index in [1.165, 1.54) is 0 Å². The Morgan fingerprint density at radius 3 is 2.69 bits per heavy atom. The molecule has 4 N–H and O–H groups in total. The second-order valence-electron chi connectivity index (χ2n) is 7.73. The van der Waals surface area contributed by atoms with Crippen molar-refractivity contribution in [2.45, 2.75) is 38.0 Å². The molecular formula is C18H21N3O12P2. The summed E-state index contributed by atoms with van der Waals surface area (Å²) in [7, 11) is -8.73. The van der Waals surface area contributed by atoms with E-state index in [1.54, 1.807) is 12.1 Å². The molecule has 17 heteroatoms. The van der Waals surface area contributed by atoms with Gasteiger partial charge in [-0.15, -0.1) is 0 Å². The molecule has 3 heterocycles. The number of ether oxygens (including phenoxy) is 1. The number of hydrogen-bond donors (Lipinski definition) is 4. The maximum atomic E-state index is 13.1. The van der Waals surface area contributed by atoms with E-state index in [4.69, 9.17) is 14.2 Å². The van der Waals surface area contributed by atoms with Gasteiger partial charge in [0.2, 0.25) is 0 Å². The number of nitrogens with zero attached hydrogens (tertiary/aromatic N) is 3. The molecule has 6 atom stereocenters. The first-order valence-corrected chi connectivity index (χ1v) is 12.8. The smallest absolute Gasteiger partial charge is 0.387 e. The van der Waals surface area contributed by atoms with E-state index >= 15 is 0 Å². The highest BCUT2D eigenvalue weighted by molar-refractivity contribution is 7.55. The summed E-state index contributed by atoms with van der Waals surface area (Å²) in [6.45, 7) is 0.788. The van der Waals surface area contributed by atoms with Gasteiger partial charge in [-0.1, -0.05) is 11.2 Å². The van der Waals surface area contributed by atoms with Crippen LogP contribution >= 0.6 is 16.1 Å². The highest BCUT2D eigenvalue weighted by atomic mass is 31.2. The molecule has 0 amide bonds. The van der Waals surface area contributed by atoms with Gasteiger partial charge in [0.25, 0.3) is 5.56 Å². The first kappa shape index (κ1) is 25.6. The second kappa shape index (κ2) is 9.90. The van der Waals surface area contributed by atoms with Crippen molar-refractivity contribution in [3.63, 3.8) is 0 Å². The Kier molecular flexibility index (Phi) is 7.25. The van der Waals surface area contributed by atoms with Gasteiger partial charge < -0.3 is 29.3 Å². The van der Waals surface area contributed by atoms with Crippen LogP contribution in [-0.4, -0.2) is 59.2 Å². The molecular weight excluding hydrogens is 512 g/mol. The lowest BCUT2D eigenvalue weighted by molar-refractivity contribution is -0.0546. The van der Waals surface area contributed by atoms with E-state index < -0.39 is 58.5 Å². The van der Waals surface area contributed by atoms with Crippen LogP contribution in [0.5, 0.6) is 0 Å². The SMILES string of the molecule is Cc1ccc2c(Cn3c(=O)ccn([C@@H]4O[C@H](COP(=O)(O)O[PH](=O)O)C(O)[C@@H]4O)c3=O)noc2c1. The van der Waals surface area contributed by atoms with Crippen LogP contribution in [0.25, 0.3) is 11.0 Å². The zero-order valence-corrected chi connectivity index (χ0v) is 19.8. The Morgan fingerprint density at radius 1 is 1.23 bits per heavy atom. The molecule has 1 fully saturated rings. The number of aliphatic hydroxyl groups excluding tert-OH is 2. The molecule has 4 rings (SSSR count). The summed E-state index contributed by atoms with van der Waals surface area (Å²) in [5, 5.41) is 25.2. The molecule has 0 aliphatic carbocycles. The summed E-state index contributed by atoms with van der Waals surface area (Å²) in [4.78, 5) is 43.5. The molecule has 0 radical (unpaired) electrons. The van der Waals surface area contributed by atoms with E-state index in [0.29, 0.717) is 16.7 Å². The number of phosphoric acid groups is 1. The van der Waals surface area contributed by atoms with E-state index in [-0.39, 0.29) is 6.54 Å². The van der Waals surface area contributed by atoms with Crippen LogP contribution in [0.3, 0.4) is 0 Å². The van der Waals surface area contributed by atoms with Crippen LogP contribution in [0.1, 0.15) is 17.5 Å². The number of benzene rings is 1. The third-order valence-corrected chi connectivity index (χ3v) is 7.34. The van der Waals surface area contributed by atoms with E-state index in [1.807, 2.05) is 13.0 Å². The lowest BCUT2D eigenvalue weighted by Crippen LogP contribution is -2.43. The van der Waals surface area contributed by atoms with Crippen molar-refractivity contribution >= 4 is 27.0 Å². The molecule has 1 saturated heterocycles. The third kappa shape index (κ3) is 5.38. The van der Waals surface area contributed by atoms with Crippen molar-refractivity contribution in [3.05, 3.63) is 62.6 Å². The van der Waals surface area contributed by atoms with Crippen LogP contribution in [0.15, 0.2) is 44.6 Å². The lowest BCUT2D eigenvalue weighted by atomic mass is 10.1. The molecule has 35 heavy (non-hydrogen) atoms. The predicted octanol–water partition coefficient (Wildman–Crippen LogP) is -0.357. The Hall–Kier alpha value is -2.45. The Balaban J connectivity index is 1.58. The maximum Gasteiger partial charge on any atom is 0.479 e. The van der Waals surface area contributed by atoms with Crippen molar-refractivity contribution in [2.75, 3.05) is 6.61 Å². The van der Waals surface area contributed by atoms with E-state index in [0.717, 1.165) is 27.0 Å². The fourth-order valence-corrected chi connectivity index (χ4v) is 4.96. The Morgan fingerprint density at radius 2 is 1.97 bits per heavy atom. The molecule has 0 spiro atoms. The molecule has 0 saturated carbocycles. The number of aryl methyl sites for hydroxylation is 1. The lowest BCUT2D eigenvalue weighted by Gasteiger charge is -2.18. The summed E-state index contributed by atoms with van der Waals surface area (Å²) in [6, 6.07) is 6.36. The molecule has 1 aliphatic rings.